The van der Waals surface area contributed by atoms with Gasteiger partial charge in [0.2, 0.25) is 0 Å². The summed E-state index contributed by atoms with van der Waals surface area (Å²) in [4.78, 5) is 15.5. The Kier molecular flexibility index (Phi) is 4.27. The van der Waals surface area contributed by atoms with Crippen LogP contribution in [0.15, 0.2) is 42.5 Å². The van der Waals surface area contributed by atoms with Crippen LogP contribution in [-0.4, -0.2) is 26.1 Å². The van der Waals surface area contributed by atoms with E-state index < -0.39 is 0 Å². The Morgan fingerprint density at radius 3 is 2.96 bits per heavy atom. The van der Waals surface area contributed by atoms with Crippen molar-refractivity contribution in [2.75, 3.05) is 25.1 Å². The van der Waals surface area contributed by atoms with Gasteiger partial charge in [0.15, 0.2) is 0 Å². The molecule has 2 heterocycles. The number of thiophene rings is 1. The number of methoxy groups -OCH3 is 1. The van der Waals surface area contributed by atoms with E-state index in [-0.39, 0.29) is 5.91 Å². The lowest BCUT2D eigenvalue weighted by Crippen LogP contribution is -2.29. The van der Waals surface area contributed by atoms with Crippen LogP contribution in [0.2, 0.25) is 5.02 Å². The summed E-state index contributed by atoms with van der Waals surface area (Å²) in [7, 11) is 1.66. The average molecular weight is 373 g/mol. The molecule has 0 fully saturated rings. The Bertz CT molecular complexity index is 954. The minimum absolute atomic E-state index is 0.0104. The molecule has 4 nitrogen and oxygen atoms in total. The molecular formula is C19H17ClN2O2S. The minimum Gasteiger partial charge on any atom is -0.497 e. The maximum atomic E-state index is 12.5. The first-order chi connectivity index (χ1) is 12.2. The second-order valence-corrected chi connectivity index (χ2v) is 7.44. The van der Waals surface area contributed by atoms with Gasteiger partial charge in [-0.3, -0.25) is 4.79 Å². The molecule has 0 radical (unpaired) electrons. The largest absolute Gasteiger partial charge is 0.497 e. The fourth-order valence-electron chi connectivity index (χ4n) is 3.17. The molecule has 2 aromatic carbocycles. The number of carbonyl (C=O) groups excluding carboxylic acids is 1. The molecule has 0 unspecified atom stereocenters. The van der Waals surface area contributed by atoms with E-state index in [1.54, 1.807) is 7.11 Å². The minimum atomic E-state index is -0.0104. The van der Waals surface area contributed by atoms with Crippen molar-refractivity contribution in [3.8, 4) is 5.75 Å². The number of ether oxygens (including phenoxy) is 1. The highest BCUT2D eigenvalue weighted by molar-refractivity contribution is 7.21. The zero-order valence-electron chi connectivity index (χ0n) is 13.7. The Hall–Kier alpha value is -2.24. The number of anilines is 1. The van der Waals surface area contributed by atoms with E-state index in [4.69, 9.17) is 16.3 Å². The number of nitrogens with zero attached hydrogens (tertiary/aromatic N) is 1. The maximum absolute atomic E-state index is 12.5. The summed E-state index contributed by atoms with van der Waals surface area (Å²) in [5.74, 6) is 0.782. The number of fused-ring (bicyclic) bond motifs is 3. The van der Waals surface area contributed by atoms with Gasteiger partial charge in [0.25, 0.3) is 5.91 Å². The smallest absolute Gasteiger partial charge is 0.263 e. The molecule has 1 amide bonds. The molecule has 1 aromatic heterocycles. The molecule has 1 aliphatic heterocycles. The van der Waals surface area contributed by atoms with Gasteiger partial charge in [-0.25, -0.2) is 0 Å². The van der Waals surface area contributed by atoms with Crippen molar-refractivity contribution in [3.05, 3.63) is 57.9 Å². The number of hydrogen-bond acceptors (Lipinski definition) is 4. The molecule has 6 heteroatoms. The molecule has 0 aliphatic carbocycles. The number of hydrogen-bond donors (Lipinski definition) is 1. The average Bonchev–Trinajstić information content (AvgIpc) is 2.92. The Labute approximate surface area is 155 Å². The lowest BCUT2D eigenvalue weighted by Gasteiger charge is -2.23. The van der Waals surface area contributed by atoms with Gasteiger partial charge in [0, 0.05) is 34.7 Å². The van der Waals surface area contributed by atoms with Gasteiger partial charge < -0.3 is 15.0 Å². The fraction of sp³-hybridized carbons (Fsp3) is 0.211. The van der Waals surface area contributed by atoms with Crippen LogP contribution < -0.4 is 15.0 Å². The number of amides is 1. The van der Waals surface area contributed by atoms with E-state index in [0.29, 0.717) is 13.1 Å². The highest BCUT2D eigenvalue weighted by Gasteiger charge is 2.26. The summed E-state index contributed by atoms with van der Waals surface area (Å²) in [5.41, 5.74) is 2.10. The molecule has 4 rings (SSSR count). The summed E-state index contributed by atoms with van der Waals surface area (Å²) in [6.07, 6.45) is 0. The first-order valence-electron chi connectivity index (χ1n) is 8.04. The summed E-state index contributed by atoms with van der Waals surface area (Å²) in [5, 5.41) is 4.76. The Morgan fingerprint density at radius 1 is 1.28 bits per heavy atom. The van der Waals surface area contributed by atoms with Crippen molar-refractivity contribution >= 4 is 44.6 Å². The van der Waals surface area contributed by atoms with Crippen LogP contribution in [0, 0.1) is 0 Å². The second kappa shape index (κ2) is 6.58. The lowest BCUT2D eigenvalue weighted by atomic mass is 10.1. The standard InChI is InChI=1S/C19H17ClN2O2S/c1-24-14-5-6-16-15(10-14)17-18(25-16)19(23)21-7-8-22(17)11-12-3-2-4-13(20)9-12/h2-6,9-10H,7-8,11H2,1H3,(H,21,23). The molecule has 0 bridgehead atoms. The van der Waals surface area contributed by atoms with Crippen LogP contribution in [0.1, 0.15) is 15.2 Å². The van der Waals surface area contributed by atoms with Crippen LogP contribution in [0.25, 0.3) is 10.1 Å². The highest BCUT2D eigenvalue weighted by Crippen LogP contribution is 2.41. The summed E-state index contributed by atoms with van der Waals surface area (Å²) >= 11 is 7.65. The third-order valence-electron chi connectivity index (χ3n) is 4.32. The van der Waals surface area contributed by atoms with Crippen molar-refractivity contribution in [1.29, 1.82) is 0 Å². The summed E-state index contributed by atoms with van der Waals surface area (Å²) < 4.78 is 6.46. The zero-order valence-corrected chi connectivity index (χ0v) is 15.3. The van der Waals surface area contributed by atoms with E-state index in [9.17, 15) is 4.79 Å². The number of halogens is 1. The van der Waals surface area contributed by atoms with E-state index in [1.165, 1.54) is 11.3 Å². The van der Waals surface area contributed by atoms with Crippen molar-refractivity contribution in [1.82, 2.24) is 5.32 Å². The van der Waals surface area contributed by atoms with Gasteiger partial charge in [-0.05, 0) is 35.9 Å². The monoisotopic (exact) mass is 372 g/mol. The fourth-order valence-corrected chi connectivity index (χ4v) is 4.50. The van der Waals surface area contributed by atoms with Crippen LogP contribution in [0.4, 0.5) is 5.69 Å². The SMILES string of the molecule is COc1ccc2sc3c(c2c1)N(Cc1cccc(Cl)c1)CCNC3=O. The molecule has 1 N–H and O–H groups in total. The van der Waals surface area contributed by atoms with Crippen molar-refractivity contribution in [3.63, 3.8) is 0 Å². The maximum Gasteiger partial charge on any atom is 0.263 e. The van der Waals surface area contributed by atoms with E-state index in [0.717, 1.165) is 43.5 Å². The van der Waals surface area contributed by atoms with E-state index in [1.807, 2.05) is 36.4 Å². The Balaban J connectivity index is 1.84. The predicted molar refractivity (Wildman–Crippen MR) is 103 cm³/mol. The van der Waals surface area contributed by atoms with Crippen molar-refractivity contribution in [2.24, 2.45) is 0 Å². The zero-order chi connectivity index (χ0) is 17.4. The van der Waals surface area contributed by atoms with Crippen LogP contribution in [0.3, 0.4) is 0 Å². The van der Waals surface area contributed by atoms with Gasteiger partial charge in [-0.2, -0.15) is 0 Å². The first-order valence-corrected chi connectivity index (χ1v) is 9.23. The lowest BCUT2D eigenvalue weighted by molar-refractivity contribution is 0.0962. The normalized spacial score (nSPS) is 14.2. The topological polar surface area (TPSA) is 41.6 Å². The van der Waals surface area contributed by atoms with Gasteiger partial charge in [-0.15, -0.1) is 11.3 Å². The molecule has 0 spiro atoms. The molecule has 128 valence electrons. The summed E-state index contributed by atoms with van der Waals surface area (Å²) in [6, 6.07) is 13.8. The molecular weight excluding hydrogens is 356 g/mol. The second-order valence-electron chi connectivity index (χ2n) is 5.95. The number of nitrogens with one attached hydrogen (secondary N) is 1. The van der Waals surface area contributed by atoms with E-state index in [2.05, 4.69) is 16.3 Å². The van der Waals surface area contributed by atoms with Crippen LogP contribution in [0.5, 0.6) is 5.75 Å². The molecule has 3 aromatic rings. The first kappa shape index (κ1) is 16.2. The van der Waals surface area contributed by atoms with E-state index >= 15 is 0 Å². The highest BCUT2D eigenvalue weighted by atomic mass is 35.5. The molecule has 0 atom stereocenters. The third-order valence-corrected chi connectivity index (χ3v) is 5.72. The number of rotatable bonds is 3. The van der Waals surface area contributed by atoms with Gasteiger partial charge in [0.1, 0.15) is 10.6 Å². The van der Waals surface area contributed by atoms with Crippen molar-refractivity contribution in [2.45, 2.75) is 6.54 Å². The molecule has 1 aliphatic rings. The molecule has 25 heavy (non-hydrogen) atoms. The third kappa shape index (κ3) is 3.05. The van der Waals surface area contributed by atoms with Crippen LogP contribution >= 0.6 is 22.9 Å². The quantitative estimate of drug-likeness (QED) is 0.744. The van der Waals surface area contributed by atoms with Gasteiger partial charge in [-0.1, -0.05) is 23.7 Å². The van der Waals surface area contributed by atoms with Crippen molar-refractivity contribution < 1.29 is 9.53 Å². The predicted octanol–water partition coefficient (Wildman–Crippen LogP) is 4.31. The number of carbonyl (C=O) groups is 1. The Morgan fingerprint density at radius 2 is 2.16 bits per heavy atom. The summed E-state index contributed by atoms with van der Waals surface area (Å²) in [6.45, 7) is 2.06. The van der Waals surface area contributed by atoms with Gasteiger partial charge >= 0.3 is 0 Å². The van der Waals surface area contributed by atoms with Gasteiger partial charge in [0.05, 0.1) is 12.8 Å². The molecule has 0 saturated heterocycles. The molecule has 0 saturated carbocycles. The number of benzene rings is 2. The van der Waals surface area contributed by atoms with Crippen LogP contribution in [-0.2, 0) is 6.54 Å².